The van der Waals surface area contributed by atoms with Crippen LogP contribution < -0.4 is 10.1 Å². The number of fused-ring (bicyclic) bond motifs is 5. The molecule has 3 fully saturated rings. The van der Waals surface area contributed by atoms with Crippen molar-refractivity contribution in [1.29, 1.82) is 0 Å². The molecule has 1 aromatic carbocycles. The Bertz CT molecular complexity index is 532. The highest BCUT2D eigenvalue weighted by molar-refractivity contribution is 6.32. The first kappa shape index (κ1) is 13.8. The van der Waals surface area contributed by atoms with E-state index in [1.54, 1.807) is 0 Å². The van der Waals surface area contributed by atoms with Gasteiger partial charge in [0.05, 0.1) is 11.6 Å². The van der Waals surface area contributed by atoms with E-state index in [4.69, 9.17) is 16.3 Å². The van der Waals surface area contributed by atoms with Crippen LogP contribution >= 0.6 is 11.6 Å². The summed E-state index contributed by atoms with van der Waals surface area (Å²) in [6, 6.07) is 6.77. The molecular weight excluding hydrogens is 282 g/mol. The van der Waals surface area contributed by atoms with Gasteiger partial charge in [-0.15, -0.1) is 0 Å². The Kier molecular flexibility index (Phi) is 3.53. The molecule has 1 N–H and O–H groups in total. The third kappa shape index (κ3) is 2.32. The Morgan fingerprint density at radius 2 is 2.05 bits per heavy atom. The lowest BCUT2D eigenvalue weighted by molar-refractivity contribution is 0.243. The third-order valence-electron chi connectivity index (χ3n) is 6.01. The molecule has 21 heavy (non-hydrogen) atoms. The Labute approximate surface area is 132 Å². The standard InChI is InChI=1S/C18H24ClNO/c1-2-21-18-7-6-12(10-16(18)19)20-17-9-11-8-15(17)14-5-3-4-13(11)14/h6-7,10-11,13-15,17,20H,2-5,8-9H2,1H3. The summed E-state index contributed by atoms with van der Waals surface area (Å²) in [6.07, 6.45) is 7.24. The molecule has 0 heterocycles. The van der Waals surface area contributed by atoms with E-state index in [1.165, 1.54) is 32.1 Å². The van der Waals surface area contributed by atoms with Crippen molar-refractivity contribution in [3.8, 4) is 5.75 Å². The van der Waals surface area contributed by atoms with E-state index in [2.05, 4.69) is 11.4 Å². The molecule has 5 atom stereocenters. The Hall–Kier alpha value is -0.890. The molecule has 3 aliphatic rings. The van der Waals surface area contributed by atoms with Crippen LogP contribution in [-0.4, -0.2) is 12.6 Å². The molecule has 1 aromatic rings. The van der Waals surface area contributed by atoms with Crippen molar-refractivity contribution in [2.75, 3.05) is 11.9 Å². The Balaban J connectivity index is 1.46. The first-order valence-electron chi connectivity index (χ1n) is 8.45. The van der Waals surface area contributed by atoms with Crippen molar-refractivity contribution in [2.45, 2.75) is 45.1 Å². The summed E-state index contributed by atoms with van der Waals surface area (Å²) in [5.41, 5.74) is 1.15. The maximum atomic E-state index is 6.30. The fraction of sp³-hybridized carbons (Fsp3) is 0.667. The number of ether oxygens (including phenoxy) is 1. The van der Waals surface area contributed by atoms with E-state index in [-0.39, 0.29) is 0 Å². The summed E-state index contributed by atoms with van der Waals surface area (Å²) < 4.78 is 5.51. The first-order valence-corrected chi connectivity index (χ1v) is 8.83. The molecule has 0 aliphatic heterocycles. The molecule has 2 bridgehead atoms. The second kappa shape index (κ2) is 5.39. The zero-order valence-corrected chi connectivity index (χ0v) is 13.4. The highest BCUT2D eigenvalue weighted by atomic mass is 35.5. The number of benzene rings is 1. The van der Waals surface area contributed by atoms with Crippen molar-refractivity contribution >= 4 is 17.3 Å². The molecule has 3 aliphatic carbocycles. The lowest BCUT2D eigenvalue weighted by Gasteiger charge is -2.32. The maximum Gasteiger partial charge on any atom is 0.138 e. The van der Waals surface area contributed by atoms with Crippen LogP contribution in [0.5, 0.6) is 5.75 Å². The second-order valence-corrected chi connectivity index (χ2v) is 7.39. The zero-order valence-electron chi connectivity index (χ0n) is 12.6. The minimum absolute atomic E-state index is 0.655. The Morgan fingerprint density at radius 3 is 2.86 bits per heavy atom. The van der Waals surface area contributed by atoms with E-state index in [1.807, 2.05) is 19.1 Å². The van der Waals surface area contributed by atoms with Crippen molar-refractivity contribution in [3.63, 3.8) is 0 Å². The average molecular weight is 306 g/mol. The van der Waals surface area contributed by atoms with Crippen LogP contribution in [0.2, 0.25) is 5.02 Å². The minimum Gasteiger partial charge on any atom is -0.492 e. The van der Waals surface area contributed by atoms with Crippen LogP contribution in [0.25, 0.3) is 0 Å². The fourth-order valence-electron chi connectivity index (χ4n) is 5.31. The van der Waals surface area contributed by atoms with E-state index in [0.29, 0.717) is 17.7 Å². The SMILES string of the molecule is CCOc1ccc(NC2CC3CC2C2CCCC32)cc1Cl. The average Bonchev–Trinajstić information content (AvgIpc) is 3.13. The molecule has 3 saturated carbocycles. The lowest BCUT2D eigenvalue weighted by atomic mass is 9.79. The summed E-state index contributed by atoms with van der Waals surface area (Å²) in [6.45, 7) is 2.64. The van der Waals surface area contributed by atoms with Gasteiger partial charge in [0.25, 0.3) is 0 Å². The van der Waals surface area contributed by atoms with Crippen LogP contribution in [0.15, 0.2) is 18.2 Å². The number of rotatable bonds is 4. The third-order valence-corrected chi connectivity index (χ3v) is 6.31. The number of nitrogens with one attached hydrogen (secondary N) is 1. The van der Waals surface area contributed by atoms with Crippen LogP contribution in [0.1, 0.15) is 39.0 Å². The molecule has 0 saturated heterocycles. The summed E-state index contributed by atoms with van der Waals surface area (Å²) in [5, 5.41) is 4.47. The molecule has 3 heteroatoms. The van der Waals surface area contributed by atoms with Gasteiger partial charge in [-0.1, -0.05) is 18.0 Å². The van der Waals surface area contributed by atoms with Crippen molar-refractivity contribution in [3.05, 3.63) is 23.2 Å². The van der Waals surface area contributed by atoms with E-state index >= 15 is 0 Å². The Morgan fingerprint density at radius 1 is 1.19 bits per heavy atom. The largest absolute Gasteiger partial charge is 0.492 e. The molecule has 5 unspecified atom stereocenters. The van der Waals surface area contributed by atoms with Gasteiger partial charge >= 0.3 is 0 Å². The summed E-state index contributed by atoms with van der Waals surface area (Å²) in [4.78, 5) is 0. The highest BCUT2D eigenvalue weighted by Gasteiger charge is 2.53. The predicted molar refractivity (Wildman–Crippen MR) is 87.1 cm³/mol. The molecule has 2 nitrogen and oxygen atoms in total. The zero-order chi connectivity index (χ0) is 14.4. The van der Waals surface area contributed by atoms with Gasteiger partial charge in [0.2, 0.25) is 0 Å². The summed E-state index contributed by atoms with van der Waals surface area (Å²) in [5.74, 6) is 4.72. The van der Waals surface area contributed by atoms with E-state index in [9.17, 15) is 0 Å². The van der Waals surface area contributed by atoms with E-state index in [0.717, 1.165) is 35.1 Å². The molecule has 0 spiro atoms. The monoisotopic (exact) mass is 305 g/mol. The van der Waals surface area contributed by atoms with Crippen molar-refractivity contribution in [1.82, 2.24) is 0 Å². The number of hydrogen-bond acceptors (Lipinski definition) is 2. The topological polar surface area (TPSA) is 21.3 Å². The lowest BCUT2D eigenvalue weighted by Crippen LogP contribution is -2.33. The highest BCUT2D eigenvalue weighted by Crippen LogP contribution is 2.59. The van der Waals surface area contributed by atoms with Gasteiger partial charge in [-0.3, -0.25) is 0 Å². The van der Waals surface area contributed by atoms with Crippen LogP contribution in [0, 0.1) is 23.7 Å². The van der Waals surface area contributed by atoms with Gasteiger partial charge in [-0.25, -0.2) is 0 Å². The summed E-state index contributed by atoms with van der Waals surface area (Å²) in [7, 11) is 0. The van der Waals surface area contributed by atoms with Gasteiger partial charge in [0.15, 0.2) is 0 Å². The summed E-state index contributed by atoms with van der Waals surface area (Å²) >= 11 is 6.30. The number of halogens is 1. The fourth-order valence-corrected chi connectivity index (χ4v) is 5.55. The van der Waals surface area contributed by atoms with E-state index < -0.39 is 0 Å². The second-order valence-electron chi connectivity index (χ2n) is 6.98. The van der Waals surface area contributed by atoms with Gasteiger partial charge < -0.3 is 10.1 Å². The molecule has 0 radical (unpaired) electrons. The normalized spacial score (nSPS) is 36.8. The predicted octanol–water partition coefficient (Wildman–Crippen LogP) is 4.98. The number of hydrogen-bond donors (Lipinski definition) is 1. The maximum absolute atomic E-state index is 6.30. The van der Waals surface area contributed by atoms with Gasteiger partial charge in [0.1, 0.15) is 5.75 Å². The quantitative estimate of drug-likeness (QED) is 0.847. The molecule has 4 rings (SSSR count). The van der Waals surface area contributed by atoms with Gasteiger partial charge in [-0.05, 0) is 74.5 Å². The van der Waals surface area contributed by atoms with Crippen LogP contribution in [0.4, 0.5) is 5.69 Å². The van der Waals surface area contributed by atoms with Crippen molar-refractivity contribution < 1.29 is 4.74 Å². The van der Waals surface area contributed by atoms with Gasteiger partial charge in [0, 0.05) is 11.7 Å². The van der Waals surface area contributed by atoms with Crippen LogP contribution in [0.3, 0.4) is 0 Å². The molecular formula is C18H24ClNO. The van der Waals surface area contributed by atoms with Gasteiger partial charge in [-0.2, -0.15) is 0 Å². The van der Waals surface area contributed by atoms with Crippen molar-refractivity contribution in [2.24, 2.45) is 23.7 Å². The molecule has 114 valence electrons. The van der Waals surface area contributed by atoms with Crippen LogP contribution in [-0.2, 0) is 0 Å². The molecule has 0 aromatic heterocycles. The molecule has 0 amide bonds. The number of anilines is 1. The minimum atomic E-state index is 0.655. The smallest absolute Gasteiger partial charge is 0.138 e. The first-order chi connectivity index (χ1) is 10.3.